The van der Waals surface area contributed by atoms with Gasteiger partial charge in [-0.25, -0.2) is 4.98 Å². The van der Waals surface area contributed by atoms with Gasteiger partial charge in [0, 0.05) is 6.61 Å². The Morgan fingerprint density at radius 1 is 1.41 bits per heavy atom. The maximum absolute atomic E-state index is 11.8. The highest BCUT2D eigenvalue weighted by Crippen LogP contribution is 2.19. The maximum Gasteiger partial charge on any atom is 0.265 e. The van der Waals surface area contributed by atoms with Gasteiger partial charge in [-0.3, -0.25) is 4.79 Å². The molecular weight excluding hydrogens is 284 g/mol. The van der Waals surface area contributed by atoms with Gasteiger partial charge >= 0.3 is 0 Å². The second-order valence-corrected chi connectivity index (χ2v) is 4.61. The summed E-state index contributed by atoms with van der Waals surface area (Å²) < 4.78 is 6.09. The van der Waals surface area contributed by atoms with Crippen LogP contribution in [0.5, 0.6) is 0 Å². The van der Waals surface area contributed by atoms with E-state index < -0.39 is 0 Å². The fourth-order valence-corrected chi connectivity index (χ4v) is 2.06. The molecule has 0 fully saturated rings. The highest BCUT2D eigenvalue weighted by Gasteiger charge is 2.15. The van der Waals surface area contributed by atoms with Crippen LogP contribution in [-0.2, 0) is 11.2 Å². The van der Waals surface area contributed by atoms with Crippen LogP contribution < -0.4 is 5.56 Å². The molecule has 0 saturated carbocycles. The number of hydrogen-bond acceptors (Lipinski definition) is 3. The van der Waals surface area contributed by atoms with Crippen molar-refractivity contribution in [3.63, 3.8) is 0 Å². The average molecular weight is 303 g/mol. The van der Waals surface area contributed by atoms with Crippen molar-refractivity contribution >= 4 is 15.9 Å². The van der Waals surface area contributed by atoms with E-state index in [1.807, 2.05) is 13.8 Å². The molecule has 1 N–H and O–H groups in total. The normalized spacial score (nSPS) is 12.7. The molecule has 0 aromatic carbocycles. The molecule has 0 spiro atoms. The average Bonchev–Trinajstić information content (AvgIpc) is 2.32. The van der Waals surface area contributed by atoms with E-state index in [1.165, 1.54) is 0 Å². The first-order valence-corrected chi connectivity index (χ1v) is 6.83. The number of aromatic amines is 1. The molecule has 96 valence electrons. The Bertz CT molecular complexity index is 417. The molecule has 5 heteroatoms. The Morgan fingerprint density at radius 3 is 2.65 bits per heavy atom. The molecule has 1 rings (SSSR count). The molecule has 1 unspecified atom stereocenters. The molecule has 0 radical (unpaired) electrons. The van der Waals surface area contributed by atoms with E-state index in [2.05, 4.69) is 32.8 Å². The lowest BCUT2D eigenvalue weighted by molar-refractivity contribution is 0.0531. The Hall–Kier alpha value is -0.680. The number of rotatable bonds is 6. The number of aromatic nitrogens is 2. The van der Waals surface area contributed by atoms with E-state index in [0.717, 1.165) is 25.0 Å². The van der Waals surface area contributed by atoms with Gasteiger partial charge in [-0.1, -0.05) is 20.3 Å². The Morgan fingerprint density at radius 2 is 2.12 bits per heavy atom. The standard InChI is InChI=1S/C12H19BrN2O2/c1-4-7-8-10(13)12(16)15-11(14-8)9(5-2)17-6-3/h9H,4-7H2,1-3H3,(H,14,15,16). The summed E-state index contributed by atoms with van der Waals surface area (Å²) in [5, 5.41) is 0. The van der Waals surface area contributed by atoms with Gasteiger partial charge in [-0.05, 0) is 35.7 Å². The van der Waals surface area contributed by atoms with Crippen LogP contribution in [0.15, 0.2) is 9.27 Å². The topological polar surface area (TPSA) is 55.0 Å². The predicted octanol–water partition coefficient (Wildman–Crippen LogP) is 2.97. The molecule has 1 aromatic rings. The molecular formula is C12H19BrN2O2. The minimum Gasteiger partial charge on any atom is -0.371 e. The fourth-order valence-electron chi connectivity index (χ4n) is 1.67. The molecule has 0 amide bonds. The maximum atomic E-state index is 11.8. The highest BCUT2D eigenvalue weighted by atomic mass is 79.9. The Balaban J connectivity index is 3.12. The van der Waals surface area contributed by atoms with E-state index in [-0.39, 0.29) is 11.7 Å². The van der Waals surface area contributed by atoms with Crippen LogP contribution in [0.1, 0.15) is 51.2 Å². The van der Waals surface area contributed by atoms with Crippen molar-refractivity contribution in [2.45, 2.75) is 46.1 Å². The van der Waals surface area contributed by atoms with Crippen LogP contribution in [0.25, 0.3) is 0 Å². The smallest absolute Gasteiger partial charge is 0.265 e. The summed E-state index contributed by atoms with van der Waals surface area (Å²) in [6, 6.07) is 0. The summed E-state index contributed by atoms with van der Waals surface area (Å²) >= 11 is 3.28. The number of nitrogens with zero attached hydrogens (tertiary/aromatic N) is 1. The van der Waals surface area contributed by atoms with Gasteiger partial charge in [-0.15, -0.1) is 0 Å². The van der Waals surface area contributed by atoms with Crippen LogP contribution in [-0.4, -0.2) is 16.6 Å². The second-order valence-electron chi connectivity index (χ2n) is 3.81. The van der Waals surface area contributed by atoms with E-state index in [1.54, 1.807) is 0 Å². The zero-order chi connectivity index (χ0) is 12.8. The molecule has 1 heterocycles. The summed E-state index contributed by atoms with van der Waals surface area (Å²) in [6.07, 6.45) is 2.42. The molecule has 17 heavy (non-hydrogen) atoms. The number of aryl methyl sites for hydroxylation is 1. The number of nitrogens with one attached hydrogen (secondary N) is 1. The van der Waals surface area contributed by atoms with E-state index in [4.69, 9.17) is 4.74 Å². The minimum absolute atomic E-state index is 0.128. The summed E-state index contributed by atoms with van der Waals surface area (Å²) in [5.74, 6) is 0.631. The number of hydrogen-bond donors (Lipinski definition) is 1. The largest absolute Gasteiger partial charge is 0.371 e. The number of halogens is 1. The summed E-state index contributed by atoms with van der Waals surface area (Å²) in [6.45, 7) is 6.63. The quantitative estimate of drug-likeness (QED) is 0.879. The number of ether oxygens (including phenoxy) is 1. The SMILES string of the molecule is CCCc1nc(C(CC)OCC)[nH]c(=O)c1Br. The van der Waals surface area contributed by atoms with Crippen molar-refractivity contribution in [1.82, 2.24) is 9.97 Å². The van der Waals surface area contributed by atoms with Gasteiger partial charge in [0.05, 0.1) is 5.69 Å². The molecule has 0 aliphatic heterocycles. The van der Waals surface area contributed by atoms with Crippen LogP contribution in [0.2, 0.25) is 0 Å². The van der Waals surface area contributed by atoms with Crippen molar-refractivity contribution < 1.29 is 4.74 Å². The van der Waals surface area contributed by atoms with E-state index in [0.29, 0.717) is 16.9 Å². The molecule has 0 bridgehead atoms. The fraction of sp³-hybridized carbons (Fsp3) is 0.667. The van der Waals surface area contributed by atoms with Crippen LogP contribution in [0.3, 0.4) is 0 Å². The van der Waals surface area contributed by atoms with E-state index in [9.17, 15) is 4.79 Å². The third-order valence-corrected chi connectivity index (χ3v) is 3.30. The summed E-state index contributed by atoms with van der Waals surface area (Å²) in [5.41, 5.74) is 0.681. The Kier molecular flexibility index (Phi) is 5.85. The molecule has 1 aromatic heterocycles. The molecule has 0 aliphatic carbocycles. The highest BCUT2D eigenvalue weighted by molar-refractivity contribution is 9.10. The van der Waals surface area contributed by atoms with Gasteiger partial charge in [-0.2, -0.15) is 0 Å². The summed E-state index contributed by atoms with van der Waals surface area (Å²) in [4.78, 5) is 19.0. The van der Waals surface area contributed by atoms with Gasteiger partial charge in [0.25, 0.3) is 5.56 Å². The van der Waals surface area contributed by atoms with Crippen molar-refractivity contribution in [3.05, 3.63) is 26.3 Å². The van der Waals surface area contributed by atoms with Crippen molar-refractivity contribution in [2.75, 3.05) is 6.61 Å². The van der Waals surface area contributed by atoms with Gasteiger partial charge in [0.15, 0.2) is 0 Å². The molecule has 1 atom stereocenters. The first kappa shape index (κ1) is 14.4. The third-order valence-electron chi connectivity index (χ3n) is 2.48. The van der Waals surface area contributed by atoms with Crippen LogP contribution in [0.4, 0.5) is 0 Å². The molecule has 4 nitrogen and oxygen atoms in total. The van der Waals surface area contributed by atoms with E-state index >= 15 is 0 Å². The van der Waals surface area contributed by atoms with Crippen molar-refractivity contribution in [2.24, 2.45) is 0 Å². The van der Waals surface area contributed by atoms with Gasteiger partial charge in [0.2, 0.25) is 0 Å². The third kappa shape index (κ3) is 3.64. The lowest BCUT2D eigenvalue weighted by Crippen LogP contribution is -2.19. The van der Waals surface area contributed by atoms with Crippen molar-refractivity contribution in [3.8, 4) is 0 Å². The van der Waals surface area contributed by atoms with Gasteiger partial charge in [0.1, 0.15) is 16.4 Å². The second kappa shape index (κ2) is 6.91. The van der Waals surface area contributed by atoms with Crippen molar-refractivity contribution in [1.29, 1.82) is 0 Å². The first-order valence-electron chi connectivity index (χ1n) is 6.04. The summed E-state index contributed by atoms with van der Waals surface area (Å²) in [7, 11) is 0. The van der Waals surface area contributed by atoms with Crippen LogP contribution in [0, 0.1) is 0 Å². The predicted molar refractivity (Wildman–Crippen MR) is 71.2 cm³/mol. The lowest BCUT2D eigenvalue weighted by atomic mass is 10.2. The zero-order valence-corrected chi connectivity index (χ0v) is 12.1. The lowest BCUT2D eigenvalue weighted by Gasteiger charge is -2.15. The Labute approximate surface area is 110 Å². The van der Waals surface area contributed by atoms with Crippen LogP contribution >= 0.6 is 15.9 Å². The number of H-pyrrole nitrogens is 1. The molecule has 0 aliphatic rings. The zero-order valence-electron chi connectivity index (χ0n) is 10.5. The van der Waals surface area contributed by atoms with Gasteiger partial charge < -0.3 is 9.72 Å². The molecule has 0 saturated heterocycles. The monoisotopic (exact) mass is 302 g/mol. The minimum atomic E-state index is -0.128. The first-order chi connectivity index (χ1) is 8.13.